The predicted molar refractivity (Wildman–Crippen MR) is 87.5 cm³/mol. The fourth-order valence-corrected chi connectivity index (χ4v) is 2.27. The van der Waals surface area contributed by atoms with Crippen LogP contribution in [0.1, 0.15) is 11.1 Å². The van der Waals surface area contributed by atoms with Gasteiger partial charge in [-0.15, -0.1) is 0 Å². The summed E-state index contributed by atoms with van der Waals surface area (Å²) >= 11 is 5.99. The highest BCUT2D eigenvalue weighted by molar-refractivity contribution is 6.31. The Bertz CT molecular complexity index is 652. The highest BCUT2D eigenvalue weighted by Crippen LogP contribution is 2.29. The first-order valence-electron chi connectivity index (χ1n) is 7.19. The van der Waals surface area contributed by atoms with Crippen molar-refractivity contribution in [1.82, 2.24) is 5.32 Å². The number of aliphatic hydroxyl groups is 1. The van der Waals surface area contributed by atoms with Crippen molar-refractivity contribution in [2.24, 2.45) is 0 Å². The van der Waals surface area contributed by atoms with Crippen LogP contribution in [0.3, 0.4) is 0 Å². The second kappa shape index (κ2) is 8.72. The fourth-order valence-electron chi connectivity index (χ4n) is 2.05. The number of hydrogen-bond acceptors (Lipinski definition) is 4. The molecule has 2 N–H and O–H groups in total. The molecule has 0 amide bonds. The summed E-state index contributed by atoms with van der Waals surface area (Å²) in [5.74, 6) is 0.807. The van der Waals surface area contributed by atoms with Crippen molar-refractivity contribution in [3.63, 3.8) is 0 Å². The number of ether oxygens (including phenoxy) is 2. The van der Waals surface area contributed by atoms with Crippen LogP contribution in [0.4, 0.5) is 4.39 Å². The minimum atomic E-state index is -0.379. The molecule has 0 atom stereocenters. The van der Waals surface area contributed by atoms with E-state index in [4.69, 9.17) is 26.2 Å². The van der Waals surface area contributed by atoms with Gasteiger partial charge in [-0.1, -0.05) is 23.7 Å². The zero-order valence-corrected chi connectivity index (χ0v) is 13.6. The standard InChI is InChI=1S/C17H19ClFNO3/c1-22-17-8-12(10-20-6-7-21)2-5-16(17)23-11-13-3-4-14(19)9-15(13)18/h2-5,8-9,20-21H,6-7,10-11H2,1H3. The van der Waals surface area contributed by atoms with Gasteiger partial charge in [0.1, 0.15) is 12.4 Å². The van der Waals surface area contributed by atoms with Crippen molar-refractivity contribution in [2.75, 3.05) is 20.3 Å². The SMILES string of the molecule is COc1cc(CNCCO)ccc1OCc1ccc(F)cc1Cl. The third-order valence-electron chi connectivity index (χ3n) is 3.24. The number of rotatable bonds is 8. The molecule has 0 aliphatic heterocycles. The molecule has 124 valence electrons. The van der Waals surface area contributed by atoms with Gasteiger partial charge < -0.3 is 19.9 Å². The molecule has 6 heteroatoms. The molecule has 0 saturated heterocycles. The van der Waals surface area contributed by atoms with Crippen molar-refractivity contribution < 1.29 is 19.0 Å². The first kappa shape index (κ1) is 17.5. The zero-order valence-electron chi connectivity index (χ0n) is 12.8. The summed E-state index contributed by atoms with van der Waals surface area (Å²) in [7, 11) is 1.57. The Balaban J connectivity index is 2.04. The molecular weight excluding hydrogens is 321 g/mol. The topological polar surface area (TPSA) is 50.7 Å². The third-order valence-corrected chi connectivity index (χ3v) is 3.60. The molecule has 0 aliphatic carbocycles. The largest absolute Gasteiger partial charge is 0.493 e. The van der Waals surface area contributed by atoms with Crippen molar-refractivity contribution >= 4 is 11.6 Å². The molecule has 0 saturated carbocycles. The molecule has 0 unspecified atom stereocenters. The Hall–Kier alpha value is -1.82. The number of nitrogens with one attached hydrogen (secondary N) is 1. The van der Waals surface area contributed by atoms with Crippen LogP contribution in [-0.2, 0) is 13.2 Å². The van der Waals surface area contributed by atoms with Gasteiger partial charge in [-0.3, -0.25) is 0 Å². The van der Waals surface area contributed by atoms with Gasteiger partial charge >= 0.3 is 0 Å². The molecule has 23 heavy (non-hydrogen) atoms. The van der Waals surface area contributed by atoms with Crippen LogP contribution in [0.25, 0.3) is 0 Å². The van der Waals surface area contributed by atoms with E-state index in [0.29, 0.717) is 35.2 Å². The summed E-state index contributed by atoms with van der Waals surface area (Å²) < 4.78 is 24.1. The van der Waals surface area contributed by atoms with E-state index < -0.39 is 0 Å². The highest BCUT2D eigenvalue weighted by atomic mass is 35.5. The third kappa shape index (κ3) is 5.10. The highest BCUT2D eigenvalue weighted by Gasteiger charge is 2.08. The smallest absolute Gasteiger partial charge is 0.161 e. The maximum atomic E-state index is 13.0. The lowest BCUT2D eigenvalue weighted by molar-refractivity contribution is 0.283. The number of benzene rings is 2. The minimum Gasteiger partial charge on any atom is -0.493 e. The van der Waals surface area contributed by atoms with Crippen molar-refractivity contribution in [2.45, 2.75) is 13.2 Å². The van der Waals surface area contributed by atoms with E-state index >= 15 is 0 Å². The monoisotopic (exact) mass is 339 g/mol. The van der Waals surface area contributed by atoms with E-state index in [-0.39, 0.29) is 19.0 Å². The van der Waals surface area contributed by atoms with Gasteiger partial charge in [0.05, 0.1) is 18.7 Å². The van der Waals surface area contributed by atoms with Crippen LogP contribution in [-0.4, -0.2) is 25.4 Å². The van der Waals surface area contributed by atoms with Crippen LogP contribution in [0.15, 0.2) is 36.4 Å². The second-order valence-electron chi connectivity index (χ2n) is 4.91. The van der Waals surface area contributed by atoms with Crippen LogP contribution >= 0.6 is 11.6 Å². The van der Waals surface area contributed by atoms with Crippen LogP contribution < -0.4 is 14.8 Å². The number of methoxy groups -OCH3 is 1. The summed E-state index contributed by atoms with van der Waals surface area (Å²) in [4.78, 5) is 0. The normalized spacial score (nSPS) is 10.6. The van der Waals surface area contributed by atoms with Gasteiger partial charge in [0.25, 0.3) is 0 Å². The van der Waals surface area contributed by atoms with E-state index in [9.17, 15) is 4.39 Å². The maximum Gasteiger partial charge on any atom is 0.161 e. The molecule has 2 rings (SSSR count). The molecule has 0 bridgehead atoms. The van der Waals surface area contributed by atoms with Crippen molar-refractivity contribution in [3.8, 4) is 11.5 Å². The zero-order chi connectivity index (χ0) is 16.7. The van der Waals surface area contributed by atoms with Crippen LogP contribution in [0, 0.1) is 5.82 Å². The molecule has 0 spiro atoms. The number of aliphatic hydroxyl groups excluding tert-OH is 1. The molecular formula is C17H19ClFNO3. The van der Waals surface area contributed by atoms with Gasteiger partial charge in [0.15, 0.2) is 11.5 Å². The average molecular weight is 340 g/mol. The summed E-state index contributed by atoms with van der Waals surface area (Å²) in [6, 6.07) is 9.79. The Morgan fingerprint density at radius 1 is 1.17 bits per heavy atom. The van der Waals surface area contributed by atoms with E-state index in [1.807, 2.05) is 18.2 Å². The molecule has 2 aromatic rings. The molecule has 0 aromatic heterocycles. The van der Waals surface area contributed by atoms with E-state index in [1.54, 1.807) is 13.2 Å². The average Bonchev–Trinajstić information content (AvgIpc) is 2.55. The molecule has 0 heterocycles. The first-order chi connectivity index (χ1) is 11.1. The molecule has 0 aliphatic rings. The first-order valence-corrected chi connectivity index (χ1v) is 7.57. The lowest BCUT2D eigenvalue weighted by Gasteiger charge is -2.13. The summed E-state index contributed by atoms with van der Waals surface area (Å²) in [6.07, 6.45) is 0. The van der Waals surface area contributed by atoms with Crippen molar-refractivity contribution in [3.05, 3.63) is 58.4 Å². The predicted octanol–water partition coefficient (Wildman–Crippen LogP) is 3.15. The molecule has 0 radical (unpaired) electrons. The number of hydrogen-bond donors (Lipinski definition) is 2. The van der Waals surface area contributed by atoms with Gasteiger partial charge in [-0.25, -0.2) is 4.39 Å². The van der Waals surface area contributed by atoms with E-state index in [0.717, 1.165) is 5.56 Å². The minimum absolute atomic E-state index is 0.0940. The molecule has 4 nitrogen and oxygen atoms in total. The number of halogens is 2. The Kier molecular flexibility index (Phi) is 6.65. The van der Waals surface area contributed by atoms with Gasteiger partial charge in [-0.05, 0) is 29.8 Å². The van der Waals surface area contributed by atoms with E-state index in [1.165, 1.54) is 12.1 Å². The summed E-state index contributed by atoms with van der Waals surface area (Å²) in [5, 5.41) is 12.2. The molecule has 2 aromatic carbocycles. The fraction of sp³-hybridized carbons (Fsp3) is 0.294. The van der Waals surface area contributed by atoms with Gasteiger partial charge in [0, 0.05) is 18.7 Å². The Labute approximate surface area is 139 Å². The van der Waals surface area contributed by atoms with Crippen LogP contribution in [0.5, 0.6) is 11.5 Å². The lowest BCUT2D eigenvalue weighted by Crippen LogP contribution is -2.17. The van der Waals surface area contributed by atoms with Gasteiger partial charge in [0.2, 0.25) is 0 Å². The summed E-state index contributed by atoms with van der Waals surface area (Å²) in [6.45, 7) is 1.47. The second-order valence-corrected chi connectivity index (χ2v) is 5.32. The Morgan fingerprint density at radius 3 is 2.70 bits per heavy atom. The lowest BCUT2D eigenvalue weighted by atomic mass is 10.2. The van der Waals surface area contributed by atoms with Crippen LogP contribution in [0.2, 0.25) is 5.02 Å². The maximum absolute atomic E-state index is 13.0. The van der Waals surface area contributed by atoms with E-state index in [2.05, 4.69) is 5.32 Å². The Morgan fingerprint density at radius 2 is 2.00 bits per heavy atom. The summed E-state index contributed by atoms with van der Waals surface area (Å²) in [5.41, 5.74) is 1.71. The molecule has 0 fully saturated rings. The quantitative estimate of drug-likeness (QED) is 0.725. The van der Waals surface area contributed by atoms with Crippen molar-refractivity contribution in [1.29, 1.82) is 0 Å². The van der Waals surface area contributed by atoms with Gasteiger partial charge in [-0.2, -0.15) is 0 Å².